The molecule has 0 aliphatic heterocycles. The second-order valence-electron chi connectivity index (χ2n) is 12.8. The van der Waals surface area contributed by atoms with Gasteiger partial charge in [0.1, 0.15) is 5.78 Å². The normalized spacial score (nSPS) is 14.1. The van der Waals surface area contributed by atoms with Crippen molar-refractivity contribution >= 4 is 21.9 Å². The number of hydrogen-bond acceptors (Lipinski definition) is 1. The molecular formula is C31H50OSi2. The number of carbonyl (C=O) groups is 1. The minimum absolute atomic E-state index is 0.00407. The van der Waals surface area contributed by atoms with E-state index in [-0.39, 0.29) is 11.8 Å². The van der Waals surface area contributed by atoms with Crippen LogP contribution in [0.25, 0.3) is 0 Å². The van der Waals surface area contributed by atoms with E-state index in [4.69, 9.17) is 0 Å². The Bertz CT molecular complexity index is 796. The van der Waals surface area contributed by atoms with Gasteiger partial charge in [0.25, 0.3) is 0 Å². The van der Waals surface area contributed by atoms with E-state index in [2.05, 4.69) is 102 Å². The Hall–Kier alpha value is -1.46. The number of carbonyl (C=O) groups excluding carboxylic acids is 1. The topological polar surface area (TPSA) is 17.1 Å². The molecule has 0 fully saturated rings. The molecule has 0 aliphatic rings. The van der Waals surface area contributed by atoms with Crippen LogP contribution in [0, 0.1) is 0 Å². The van der Waals surface area contributed by atoms with Crippen molar-refractivity contribution in [3.63, 3.8) is 0 Å². The highest BCUT2D eigenvalue weighted by Gasteiger charge is 2.29. The van der Waals surface area contributed by atoms with Crippen molar-refractivity contribution in [2.24, 2.45) is 0 Å². The van der Waals surface area contributed by atoms with Crippen molar-refractivity contribution in [3.05, 3.63) is 70.8 Å². The molecule has 0 spiro atoms. The van der Waals surface area contributed by atoms with E-state index in [0.717, 1.165) is 38.5 Å². The summed E-state index contributed by atoms with van der Waals surface area (Å²) in [4.78, 5) is 14.1. The van der Waals surface area contributed by atoms with Crippen LogP contribution in [-0.2, 0) is 16.9 Å². The van der Waals surface area contributed by atoms with Crippen LogP contribution in [0.2, 0.25) is 39.3 Å². The standard InChI is InChI=1S/C31H50OSi2/c1-9-11-13-29(27-19-15-25(16-20-27)23-33(3,4)5)31(32)30(14-12-10-2)28-21-17-26(18-22-28)24-34(6,7)8/h15-22,29-30H,9-14,23-24H2,1-8H3. The smallest absolute Gasteiger partial charge is 0.147 e. The Labute approximate surface area is 212 Å². The van der Waals surface area contributed by atoms with Gasteiger partial charge in [-0.05, 0) is 36.1 Å². The highest BCUT2D eigenvalue weighted by atomic mass is 28.3. The SMILES string of the molecule is CCCCC(C(=O)C(CCCC)c1ccc(C[Si](C)(C)C)cc1)c1ccc(C[Si](C)(C)C)cc1. The predicted octanol–water partition coefficient (Wildman–Crippen LogP) is 9.34. The molecule has 34 heavy (non-hydrogen) atoms. The molecule has 0 aromatic heterocycles. The fourth-order valence-corrected chi connectivity index (χ4v) is 7.89. The Balaban J connectivity index is 2.32. The van der Waals surface area contributed by atoms with Crippen molar-refractivity contribution in [1.82, 2.24) is 0 Å². The van der Waals surface area contributed by atoms with Crippen LogP contribution in [0.3, 0.4) is 0 Å². The first-order valence-electron chi connectivity index (χ1n) is 13.6. The molecule has 1 nitrogen and oxygen atoms in total. The summed E-state index contributed by atoms with van der Waals surface area (Å²) in [6, 6.07) is 20.5. The summed E-state index contributed by atoms with van der Waals surface area (Å²) in [6.45, 7) is 19.0. The van der Waals surface area contributed by atoms with Crippen LogP contribution in [0.4, 0.5) is 0 Å². The van der Waals surface area contributed by atoms with Gasteiger partial charge >= 0.3 is 0 Å². The van der Waals surface area contributed by atoms with Gasteiger partial charge < -0.3 is 0 Å². The predicted molar refractivity (Wildman–Crippen MR) is 157 cm³/mol. The molecule has 0 N–H and O–H groups in total. The maximum absolute atomic E-state index is 14.1. The quantitative estimate of drug-likeness (QED) is 0.239. The molecule has 2 aromatic rings. The summed E-state index contributed by atoms with van der Waals surface area (Å²) in [6.07, 6.45) is 6.37. The minimum atomic E-state index is -1.15. The lowest BCUT2D eigenvalue weighted by Gasteiger charge is -2.24. The van der Waals surface area contributed by atoms with Crippen LogP contribution in [-0.4, -0.2) is 21.9 Å². The number of hydrogen-bond donors (Lipinski definition) is 0. The second-order valence-corrected chi connectivity index (χ2v) is 23.7. The highest BCUT2D eigenvalue weighted by molar-refractivity contribution is 6.75. The number of rotatable bonds is 14. The van der Waals surface area contributed by atoms with Crippen molar-refractivity contribution in [1.29, 1.82) is 0 Å². The van der Waals surface area contributed by atoms with Crippen molar-refractivity contribution < 1.29 is 4.79 Å². The average molecular weight is 495 g/mol. The van der Waals surface area contributed by atoms with Gasteiger partial charge in [-0.1, -0.05) is 138 Å². The molecular weight excluding hydrogens is 445 g/mol. The largest absolute Gasteiger partial charge is 0.298 e. The third kappa shape index (κ3) is 9.66. The highest BCUT2D eigenvalue weighted by Crippen LogP contribution is 2.34. The minimum Gasteiger partial charge on any atom is -0.298 e. The summed E-state index contributed by atoms with van der Waals surface area (Å²) in [7, 11) is -2.29. The summed E-state index contributed by atoms with van der Waals surface area (Å²) < 4.78 is 0. The summed E-state index contributed by atoms with van der Waals surface area (Å²) in [5.74, 6) is 0.437. The molecule has 3 heteroatoms. The second kappa shape index (κ2) is 13.0. The van der Waals surface area contributed by atoms with Gasteiger partial charge in [0.2, 0.25) is 0 Å². The molecule has 2 unspecified atom stereocenters. The summed E-state index contributed by atoms with van der Waals surface area (Å²) in [5.41, 5.74) is 5.28. The number of benzene rings is 2. The van der Waals surface area contributed by atoms with Gasteiger partial charge in [-0.3, -0.25) is 4.79 Å². The van der Waals surface area contributed by atoms with Crippen LogP contribution in [0.1, 0.15) is 86.5 Å². The van der Waals surface area contributed by atoms with Crippen molar-refractivity contribution in [2.75, 3.05) is 0 Å². The number of unbranched alkanes of at least 4 members (excludes halogenated alkanes) is 2. The van der Waals surface area contributed by atoms with Crippen LogP contribution in [0.5, 0.6) is 0 Å². The van der Waals surface area contributed by atoms with E-state index in [1.807, 2.05) is 0 Å². The maximum atomic E-state index is 14.1. The lowest BCUT2D eigenvalue weighted by atomic mass is 9.79. The van der Waals surface area contributed by atoms with E-state index in [9.17, 15) is 4.79 Å². The molecule has 0 saturated carbocycles. The zero-order valence-corrected chi connectivity index (χ0v) is 25.3. The maximum Gasteiger partial charge on any atom is 0.147 e. The molecule has 0 bridgehead atoms. The molecule has 0 radical (unpaired) electrons. The fourth-order valence-electron chi connectivity index (χ4n) is 4.97. The van der Waals surface area contributed by atoms with E-state index >= 15 is 0 Å². The first-order chi connectivity index (χ1) is 15.9. The molecule has 0 amide bonds. The fraction of sp³-hybridized carbons (Fsp3) is 0.581. The number of Topliss-reactive ketones (excluding diaryl/α,β-unsaturated/α-hetero) is 1. The molecule has 2 atom stereocenters. The van der Waals surface area contributed by atoms with E-state index in [1.54, 1.807) is 0 Å². The van der Waals surface area contributed by atoms with Gasteiger partial charge in [0.15, 0.2) is 0 Å². The zero-order chi connectivity index (χ0) is 25.4. The van der Waals surface area contributed by atoms with Crippen LogP contribution < -0.4 is 0 Å². The third-order valence-corrected chi connectivity index (χ3v) is 9.55. The lowest BCUT2D eigenvalue weighted by Crippen LogP contribution is -2.24. The Kier molecular flexibility index (Phi) is 11.0. The van der Waals surface area contributed by atoms with Crippen LogP contribution in [0.15, 0.2) is 48.5 Å². The van der Waals surface area contributed by atoms with Gasteiger partial charge in [-0.15, -0.1) is 0 Å². The molecule has 0 saturated heterocycles. The molecule has 0 heterocycles. The molecule has 0 aliphatic carbocycles. The molecule has 188 valence electrons. The first kappa shape index (κ1) is 28.8. The molecule has 2 rings (SSSR count). The number of ketones is 1. The molecule has 2 aromatic carbocycles. The zero-order valence-electron chi connectivity index (χ0n) is 23.3. The van der Waals surface area contributed by atoms with Gasteiger partial charge in [-0.25, -0.2) is 0 Å². The average Bonchev–Trinajstić information content (AvgIpc) is 2.74. The van der Waals surface area contributed by atoms with Crippen molar-refractivity contribution in [3.8, 4) is 0 Å². The van der Waals surface area contributed by atoms with Gasteiger partial charge in [0, 0.05) is 28.0 Å². The summed E-state index contributed by atoms with van der Waals surface area (Å²) in [5, 5.41) is 0. The van der Waals surface area contributed by atoms with E-state index < -0.39 is 16.1 Å². The first-order valence-corrected chi connectivity index (χ1v) is 21.1. The Morgan fingerprint density at radius 1 is 0.618 bits per heavy atom. The van der Waals surface area contributed by atoms with E-state index in [1.165, 1.54) is 34.3 Å². The lowest BCUT2D eigenvalue weighted by molar-refractivity contribution is -0.122. The Morgan fingerprint density at radius 3 is 1.21 bits per heavy atom. The van der Waals surface area contributed by atoms with Gasteiger partial charge in [-0.2, -0.15) is 0 Å². The van der Waals surface area contributed by atoms with E-state index in [0.29, 0.717) is 5.78 Å². The van der Waals surface area contributed by atoms with Gasteiger partial charge in [0.05, 0.1) is 0 Å². The summed E-state index contributed by atoms with van der Waals surface area (Å²) >= 11 is 0. The van der Waals surface area contributed by atoms with Crippen molar-refractivity contribution in [2.45, 2.75) is 116 Å². The van der Waals surface area contributed by atoms with Crippen LogP contribution >= 0.6 is 0 Å². The monoisotopic (exact) mass is 494 g/mol. The Morgan fingerprint density at radius 2 is 0.941 bits per heavy atom. The third-order valence-electron chi connectivity index (χ3n) is 6.61.